The third kappa shape index (κ3) is 4.61. The van der Waals surface area contributed by atoms with Crippen molar-refractivity contribution in [1.29, 1.82) is 0 Å². The Morgan fingerprint density at radius 3 is 2.39 bits per heavy atom. The predicted octanol–water partition coefficient (Wildman–Crippen LogP) is 5.24. The summed E-state index contributed by atoms with van der Waals surface area (Å²) in [6.45, 7) is 5.06. The van der Waals surface area contributed by atoms with Crippen molar-refractivity contribution in [2.45, 2.75) is 58.0 Å². The second-order valence-electron chi connectivity index (χ2n) is 8.52. The summed E-state index contributed by atoms with van der Waals surface area (Å²) in [5.74, 6) is 0.0172. The second-order valence-corrected chi connectivity index (χ2v) is 8.52. The number of Topliss-reactive ketones (excluding diaryl/α,β-unsaturated/α-hetero) is 1. The van der Waals surface area contributed by atoms with Crippen LogP contribution in [0.25, 0.3) is 5.76 Å². The maximum atomic E-state index is 13.2. The number of amides is 1. The fraction of sp³-hybridized carbons (Fsp3) is 0.407. The Morgan fingerprint density at radius 1 is 1.00 bits per heavy atom. The zero-order valence-electron chi connectivity index (χ0n) is 19.3. The summed E-state index contributed by atoms with van der Waals surface area (Å²) in [5.41, 5.74) is 1.37. The van der Waals surface area contributed by atoms with Gasteiger partial charge in [0.15, 0.2) is 0 Å². The first-order chi connectivity index (χ1) is 16.0. The third-order valence-corrected chi connectivity index (χ3v) is 6.28. The Balaban J connectivity index is 1.79. The molecule has 0 bridgehead atoms. The summed E-state index contributed by atoms with van der Waals surface area (Å²) in [6.07, 6.45) is 4.67. The van der Waals surface area contributed by atoms with Crippen molar-refractivity contribution in [2.24, 2.45) is 0 Å². The van der Waals surface area contributed by atoms with Crippen LogP contribution in [0.15, 0.2) is 54.1 Å². The number of rotatable bonds is 8. The highest BCUT2D eigenvalue weighted by Crippen LogP contribution is 2.44. The fourth-order valence-corrected chi connectivity index (χ4v) is 4.76. The fourth-order valence-electron chi connectivity index (χ4n) is 4.76. The van der Waals surface area contributed by atoms with Crippen LogP contribution in [0.3, 0.4) is 0 Å². The summed E-state index contributed by atoms with van der Waals surface area (Å²) < 4.78 is 11.3. The molecule has 33 heavy (non-hydrogen) atoms. The highest BCUT2D eigenvalue weighted by molar-refractivity contribution is 6.46. The van der Waals surface area contributed by atoms with Crippen molar-refractivity contribution in [1.82, 2.24) is 4.90 Å². The normalized spacial score (nSPS) is 20.4. The molecule has 4 rings (SSSR count). The Morgan fingerprint density at radius 2 is 1.73 bits per heavy atom. The van der Waals surface area contributed by atoms with Crippen LogP contribution in [-0.2, 0) is 9.59 Å². The van der Waals surface area contributed by atoms with Crippen molar-refractivity contribution in [3.8, 4) is 11.5 Å². The standard InChI is InChI=1S/C27H31NO5/c1-3-16-33-21-14-12-18(13-15-21)25(29)23-24(19-8-7-11-22(17-19)32-4-2)28(27(31)26(23)30)20-9-5-6-10-20/h7-8,11-15,17,20,24,29H,3-6,9-10,16H2,1-2H3/b25-23-. The van der Waals surface area contributed by atoms with Crippen molar-refractivity contribution in [3.63, 3.8) is 0 Å². The van der Waals surface area contributed by atoms with E-state index >= 15 is 0 Å². The Labute approximate surface area is 194 Å². The molecule has 1 unspecified atom stereocenters. The SMILES string of the molecule is CCCOc1ccc(/C(O)=C2/C(=O)C(=O)N(C3CCCC3)C2c2cccc(OCC)c2)cc1. The molecule has 0 aromatic heterocycles. The molecule has 1 atom stereocenters. The second kappa shape index (κ2) is 10.1. The highest BCUT2D eigenvalue weighted by atomic mass is 16.5. The molecule has 2 aliphatic rings. The summed E-state index contributed by atoms with van der Waals surface area (Å²) >= 11 is 0. The Kier molecular flexibility index (Phi) is 7.02. The number of ether oxygens (including phenoxy) is 2. The predicted molar refractivity (Wildman–Crippen MR) is 126 cm³/mol. The summed E-state index contributed by atoms with van der Waals surface area (Å²) in [4.78, 5) is 28.1. The lowest BCUT2D eigenvalue weighted by molar-refractivity contribution is -0.141. The van der Waals surface area contributed by atoms with E-state index in [-0.39, 0.29) is 17.4 Å². The van der Waals surface area contributed by atoms with Crippen molar-refractivity contribution in [2.75, 3.05) is 13.2 Å². The van der Waals surface area contributed by atoms with E-state index in [1.165, 1.54) is 0 Å². The van der Waals surface area contributed by atoms with Crippen LogP contribution >= 0.6 is 0 Å². The third-order valence-electron chi connectivity index (χ3n) is 6.28. The molecule has 1 aliphatic carbocycles. The van der Waals surface area contributed by atoms with Crippen molar-refractivity contribution >= 4 is 17.4 Å². The lowest BCUT2D eigenvalue weighted by Crippen LogP contribution is -2.37. The molecule has 1 N–H and O–H groups in total. The molecule has 2 aromatic rings. The molecule has 1 saturated heterocycles. The first kappa shape index (κ1) is 22.9. The van der Waals surface area contributed by atoms with Gasteiger partial charge in [0.05, 0.1) is 24.8 Å². The number of carbonyl (C=O) groups is 2. The lowest BCUT2D eigenvalue weighted by Gasteiger charge is -2.31. The van der Waals surface area contributed by atoms with Gasteiger partial charge < -0.3 is 19.5 Å². The molecule has 2 fully saturated rings. The minimum absolute atomic E-state index is 0.0164. The van der Waals surface area contributed by atoms with E-state index < -0.39 is 17.7 Å². The zero-order chi connectivity index (χ0) is 23.4. The number of likely N-dealkylation sites (tertiary alicyclic amines) is 1. The number of hydrogen-bond donors (Lipinski definition) is 1. The van der Waals surface area contributed by atoms with Gasteiger partial charge in [0.25, 0.3) is 11.7 Å². The van der Waals surface area contributed by atoms with E-state index in [1.54, 1.807) is 29.2 Å². The van der Waals surface area contributed by atoms with Crippen LogP contribution in [0.2, 0.25) is 0 Å². The first-order valence-corrected chi connectivity index (χ1v) is 11.8. The molecule has 6 nitrogen and oxygen atoms in total. The summed E-state index contributed by atoms with van der Waals surface area (Å²) in [6, 6.07) is 13.8. The number of carbonyl (C=O) groups excluding carboxylic acids is 2. The van der Waals surface area contributed by atoms with Gasteiger partial charge >= 0.3 is 0 Å². The quantitative estimate of drug-likeness (QED) is 0.339. The monoisotopic (exact) mass is 449 g/mol. The topological polar surface area (TPSA) is 76.1 Å². The Bertz CT molecular complexity index is 1040. The zero-order valence-corrected chi connectivity index (χ0v) is 19.3. The van der Waals surface area contributed by atoms with E-state index in [2.05, 4.69) is 0 Å². The van der Waals surface area contributed by atoms with Crippen molar-refractivity contribution in [3.05, 3.63) is 65.2 Å². The average molecular weight is 450 g/mol. The van der Waals surface area contributed by atoms with E-state index in [4.69, 9.17) is 9.47 Å². The number of aliphatic hydroxyl groups is 1. The van der Waals surface area contributed by atoms with Crippen molar-refractivity contribution < 1.29 is 24.2 Å². The average Bonchev–Trinajstić information content (AvgIpc) is 3.45. The van der Waals surface area contributed by atoms with Gasteiger partial charge in [-0.2, -0.15) is 0 Å². The molecule has 0 spiro atoms. The number of aliphatic hydroxyl groups excluding tert-OH is 1. The molecule has 1 saturated carbocycles. The van der Waals surface area contributed by atoms with E-state index in [0.29, 0.717) is 30.3 Å². The summed E-state index contributed by atoms with van der Waals surface area (Å²) in [5, 5.41) is 11.2. The first-order valence-electron chi connectivity index (χ1n) is 11.8. The van der Waals surface area contributed by atoms with Crippen LogP contribution in [0, 0.1) is 0 Å². The Hall–Kier alpha value is -3.28. The van der Waals surface area contributed by atoms with Gasteiger partial charge in [-0.15, -0.1) is 0 Å². The molecule has 1 heterocycles. The molecule has 1 amide bonds. The molecule has 174 valence electrons. The number of nitrogens with zero attached hydrogens (tertiary/aromatic N) is 1. The summed E-state index contributed by atoms with van der Waals surface area (Å²) in [7, 11) is 0. The van der Waals surface area contributed by atoms with Crippen LogP contribution in [0.4, 0.5) is 0 Å². The highest BCUT2D eigenvalue weighted by Gasteiger charge is 2.49. The molecular formula is C27H31NO5. The van der Waals surface area contributed by atoms with E-state index in [9.17, 15) is 14.7 Å². The molecular weight excluding hydrogens is 418 g/mol. The maximum Gasteiger partial charge on any atom is 0.295 e. The van der Waals surface area contributed by atoms with E-state index in [0.717, 1.165) is 37.7 Å². The van der Waals surface area contributed by atoms with Gasteiger partial charge in [0.2, 0.25) is 0 Å². The van der Waals surface area contributed by atoms with Gasteiger partial charge in [-0.1, -0.05) is 31.9 Å². The van der Waals surface area contributed by atoms with Gasteiger partial charge in [0, 0.05) is 11.6 Å². The van der Waals surface area contributed by atoms with Gasteiger partial charge in [-0.05, 0) is 68.1 Å². The minimum atomic E-state index is -0.649. The molecule has 2 aromatic carbocycles. The number of hydrogen-bond acceptors (Lipinski definition) is 5. The molecule has 6 heteroatoms. The van der Waals surface area contributed by atoms with Gasteiger partial charge in [-0.3, -0.25) is 9.59 Å². The molecule has 1 aliphatic heterocycles. The largest absolute Gasteiger partial charge is 0.507 e. The van der Waals surface area contributed by atoms with Crippen LogP contribution in [-0.4, -0.2) is 41.0 Å². The van der Waals surface area contributed by atoms with Crippen LogP contribution in [0.1, 0.15) is 63.1 Å². The minimum Gasteiger partial charge on any atom is -0.507 e. The van der Waals surface area contributed by atoms with Crippen LogP contribution < -0.4 is 9.47 Å². The number of benzene rings is 2. The van der Waals surface area contributed by atoms with E-state index in [1.807, 2.05) is 38.1 Å². The maximum absolute atomic E-state index is 13.2. The van der Waals surface area contributed by atoms with Gasteiger partial charge in [0.1, 0.15) is 17.3 Å². The number of ketones is 1. The lowest BCUT2D eigenvalue weighted by atomic mass is 9.94. The van der Waals surface area contributed by atoms with Crippen LogP contribution in [0.5, 0.6) is 11.5 Å². The molecule has 0 radical (unpaired) electrons. The smallest absolute Gasteiger partial charge is 0.295 e. The van der Waals surface area contributed by atoms with Gasteiger partial charge in [-0.25, -0.2) is 0 Å².